The zero-order valence-corrected chi connectivity index (χ0v) is 11.9. The molecule has 0 saturated heterocycles. The Bertz CT molecular complexity index is 618. The van der Waals surface area contributed by atoms with Crippen LogP contribution in [0.25, 0.3) is 0 Å². The summed E-state index contributed by atoms with van der Waals surface area (Å²) in [5.74, 6) is -0.151. The molecule has 0 fully saturated rings. The third kappa shape index (κ3) is 2.90. The van der Waals surface area contributed by atoms with Gasteiger partial charge in [0, 0.05) is 38.7 Å². The van der Waals surface area contributed by atoms with Crippen molar-refractivity contribution in [3.8, 4) is 0 Å². The number of hydrogen-bond donors (Lipinski definition) is 2. The van der Waals surface area contributed by atoms with Gasteiger partial charge in [-0.3, -0.25) is 9.48 Å². The molecule has 106 valence electrons. The minimum absolute atomic E-state index is 0.151. The number of anilines is 2. The van der Waals surface area contributed by atoms with Crippen LogP contribution in [0.4, 0.5) is 11.4 Å². The lowest BCUT2D eigenvalue weighted by Crippen LogP contribution is -2.26. The van der Waals surface area contributed by atoms with E-state index in [-0.39, 0.29) is 5.91 Å². The topological polar surface area (TPSA) is 76.2 Å². The van der Waals surface area contributed by atoms with Gasteiger partial charge >= 0.3 is 0 Å². The zero-order chi connectivity index (χ0) is 14.7. The van der Waals surface area contributed by atoms with Gasteiger partial charge in [-0.25, -0.2) is 0 Å². The molecule has 2 aromatic rings. The highest BCUT2D eigenvalue weighted by Crippen LogP contribution is 2.21. The van der Waals surface area contributed by atoms with Crippen LogP contribution in [0.15, 0.2) is 30.5 Å². The summed E-state index contributed by atoms with van der Waals surface area (Å²) in [6.45, 7) is 0.428. The second kappa shape index (κ2) is 5.64. The molecule has 1 aromatic heterocycles. The smallest absolute Gasteiger partial charge is 0.253 e. The van der Waals surface area contributed by atoms with Gasteiger partial charge < -0.3 is 16.0 Å². The van der Waals surface area contributed by atoms with Gasteiger partial charge in [0.15, 0.2) is 0 Å². The van der Waals surface area contributed by atoms with Crippen molar-refractivity contribution in [2.45, 2.75) is 6.54 Å². The van der Waals surface area contributed by atoms with Gasteiger partial charge in [0.25, 0.3) is 5.91 Å². The molecule has 0 unspecified atom stereocenters. The van der Waals surface area contributed by atoms with Crippen molar-refractivity contribution in [1.82, 2.24) is 15.1 Å². The summed E-state index contributed by atoms with van der Waals surface area (Å²) < 4.78 is 1.73. The van der Waals surface area contributed by atoms with E-state index in [4.69, 9.17) is 5.73 Å². The quantitative estimate of drug-likeness (QED) is 0.815. The van der Waals surface area contributed by atoms with E-state index in [1.807, 2.05) is 38.2 Å². The molecule has 2 rings (SSSR count). The van der Waals surface area contributed by atoms with Crippen LogP contribution in [0.5, 0.6) is 0 Å². The van der Waals surface area contributed by atoms with Gasteiger partial charge in [0.05, 0.1) is 17.8 Å². The molecule has 6 nitrogen and oxygen atoms in total. The highest BCUT2D eigenvalue weighted by atomic mass is 16.1. The number of carbonyl (C=O) groups is 1. The molecule has 1 heterocycles. The van der Waals surface area contributed by atoms with Crippen LogP contribution in [-0.2, 0) is 13.6 Å². The number of nitrogens with two attached hydrogens (primary N) is 1. The molecule has 1 aromatic carbocycles. The molecular formula is C14H19N5O. The molecule has 0 aliphatic carbocycles. The monoisotopic (exact) mass is 273 g/mol. The van der Waals surface area contributed by atoms with Gasteiger partial charge in [-0.15, -0.1) is 0 Å². The van der Waals surface area contributed by atoms with Crippen molar-refractivity contribution < 1.29 is 4.79 Å². The lowest BCUT2D eigenvalue weighted by atomic mass is 10.1. The first-order valence-corrected chi connectivity index (χ1v) is 6.31. The van der Waals surface area contributed by atoms with Crippen molar-refractivity contribution in [1.29, 1.82) is 0 Å². The van der Waals surface area contributed by atoms with Crippen LogP contribution in [0.1, 0.15) is 16.1 Å². The summed E-state index contributed by atoms with van der Waals surface area (Å²) in [4.78, 5) is 14.2. The van der Waals surface area contributed by atoms with Crippen LogP contribution >= 0.6 is 0 Å². The largest absolute Gasteiger partial charge is 0.399 e. The van der Waals surface area contributed by atoms with Crippen molar-refractivity contribution in [3.63, 3.8) is 0 Å². The van der Waals surface area contributed by atoms with Crippen molar-refractivity contribution in [2.75, 3.05) is 24.7 Å². The lowest BCUT2D eigenvalue weighted by Gasteiger charge is -2.17. The van der Waals surface area contributed by atoms with Crippen LogP contribution in [0.3, 0.4) is 0 Å². The maximum Gasteiger partial charge on any atom is 0.253 e. The fourth-order valence-corrected chi connectivity index (χ4v) is 1.97. The SMILES string of the molecule is CN(C)c1ccc(N)cc1C(=O)NCc1ccnn1C. The number of hydrogen-bond acceptors (Lipinski definition) is 4. The predicted octanol–water partition coefficient (Wildman–Crippen LogP) is 0.998. The van der Waals surface area contributed by atoms with E-state index in [0.717, 1.165) is 11.4 Å². The van der Waals surface area contributed by atoms with E-state index in [1.54, 1.807) is 23.0 Å². The number of nitrogen functional groups attached to an aromatic ring is 1. The first-order valence-electron chi connectivity index (χ1n) is 6.31. The highest BCUT2D eigenvalue weighted by Gasteiger charge is 2.13. The highest BCUT2D eigenvalue weighted by molar-refractivity contribution is 6.00. The van der Waals surface area contributed by atoms with Crippen LogP contribution < -0.4 is 16.0 Å². The third-order valence-electron chi connectivity index (χ3n) is 3.10. The van der Waals surface area contributed by atoms with Gasteiger partial charge in [-0.05, 0) is 24.3 Å². The summed E-state index contributed by atoms with van der Waals surface area (Å²) in [5, 5.41) is 6.95. The maximum atomic E-state index is 12.3. The van der Waals surface area contributed by atoms with E-state index in [2.05, 4.69) is 10.4 Å². The Morgan fingerprint density at radius 1 is 1.40 bits per heavy atom. The van der Waals surface area contributed by atoms with Crippen LogP contribution in [0.2, 0.25) is 0 Å². The molecule has 0 aliphatic rings. The molecule has 0 saturated carbocycles. The minimum atomic E-state index is -0.151. The average Bonchev–Trinajstić information content (AvgIpc) is 2.81. The number of aromatic nitrogens is 2. The summed E-state index contributed by atoms with van der Waals surface area (Å²) in [6.07, 6.45) is 1.70. The predicted molar refractivity (Wildman–Crippen MR) is 79.6 cm³/mol. The van der Waals surface area contributed by atoms with Crippen LogP contribution in [-0.4, -0.2) is 29.8 Å². The van der Waals surface area contributed by atoms with Gasteiger partial charge in [-0.1, -0.05) is 0 Å². The number of nitrogens with one attached hydrogen (secondary N) is 1. The standard InChI is InChI=1S/C14H19N5O/c1-18(2)13-5-4-10(15)8-12(13)14(20)16-9-11-6-7-17-19(11)3/h4-8H,9,15H2,1-3H3,(H,16,20). The molecule has 20 heavy (non-hydrogen) atoms. The Kier molecular flexibility index (Phi) is 3.93. The number of amides is 1. The second-order valence-corrected chi connectivity index (χ2v) is 4.80. The lowest BCUT2D eigenvalue weighted by molar-refractivity contribution is 0.0950. The average molecular weight is 273 g/mol. The molecule has 0 radical (unpaired) electrons. The third-order valence-corrected chi connectivity index (χ3v) is 3.10. The molecule has 0 aliphatic heterocycles. The van der Waals surface area contributed by atoms with E-state index >= 15 is 0 Å². The van der Waals surface area contributed by atoms with E-state index in [9.17, 15) is 4.79 Å². The molecule has 3 N–H and O–H groups in total. The molecular weight excluding hydrogens is 254 g/mol. The Morgan fingerprint density at radius 3 is 2.75 bits per heavy atom. The Labute approximate surface area is 118 Å². The van der Waals surface area contributed by atoms with Crippen LogP contribution in [0, 0.1) is 0 Å². The van der Waals surface area contributed by atoms with E-state index < -0.39 is 0 Å². The number of nitrogens with zero attached hydrogens (tertiary/aromatic N) is 3. The first-order chi connectivity index (χ1) is 9.49. The summed E-state index contributed by atoms with van der Waals surface area (Å²) in [6, 6.07) is 7.18. The summed E-state index contributed by atoms with van der Waals surface area (Å²) in [5.41, 5.74) is 8.68. The van der Waals surface area contributed by atoms with E-state index in [1.165, 1.54) is 0 Å². The summed E-state index contributed by atoms with van der Waals surface area (Å²) in [7, 11) is 5.63. The first kappa shape index (κ1) is 13.9. The molecule has 0 atom stereocenters. The van der Waals surface area contributed by atoms with Gasteiger partial charge in [0.2, 0.25) is 0 Å². The number of rotatable bonds is 4. The van der Waals surface area contributed by atoms with Crippen molar-refractivity contribution >= 4 is 17.3 Å². The number of aryl methyl sites for hydroxylation is 1. The molecule has 0 spiro atoms. The molecule has 1 amide bonds. The zero-order valence-electron chi connectivity index (χ0n) is 11.9. The minimum Gasteiger partial charge on any atom is -0.399 e. The Morgan fingerprint density at radius 2 is 2.15 bits per heavy atom. The van der Waals surface area contributed by atoms with Crippen molar-refractivity contribution in [3.05, 3.63) is 41.7 Å². The second-order valence-electron chi connectivity index (χ2n) is 4.80. The fraction of sp³-hybridized carbons (Fsp3) is 0.286. The van der Waals surface area contributed by atoms with Crippen molar-refractivity contribution in [2.24, 2.45) is 7.05 Å². The summed E-state index contributed by atoms with van der Waals surface area (Å²) >= 11 is 0. The maximum absolute atomic E-state index is 12.3. The molecule has 6 heteroatoms. The van der Waals surface area contributed by atoms with Gasteiger partial charge in [0.1, 0.15) is 0 Å². The normalized spacial score (nSPS) is 10.3. The Balaban J connectivity index is 2.16. The number of benzene rings is 1. The number of carbonyl (C=O) groups excluding carboxylic acids is 1. The van der Waals surface area contributed by atoms with E-state index in [0.29, 0.717) is 17.8 Å². The Hall–Kier alpha value is -2.50. The van der Waals surface area contributed by atoms with Gasteiger partial charge in [-0.2, -0.15) is 5.10 Å². The fourth-order valence-electron chi connectivity index (χ4n) is 1.97. The molecule has 0 bridgehead atoms.